The minimum Gasteiger partial charge on any atom is -0.509 e. The molecular formula is C44H35B4N3O. The third kappa shape index (κ3) is 4.89. The molecule has 9 rings (SSSR count). The van der Waals surface area contributed by atoms with Crippen molar-refractivity contribution in [3.8, 4) is 34.0 Å². The summed E-state index contributed by atoms with van der Waals surface area (Å²) < 4.78 is 2.30. The number of pyridine rings is 1. The van der Waals surface area contributed by atoms with Gasteiger partial charge in [-0.1, -0.05) is 126 Å². The van der Waals surface area contributed by atoms with Crippen molar-refractivity contribution in [2.45, 2.75) is 11.8 Å². The molecule has 244 valence electrons. The topological polar surface area (TPSA) is 50.9 Å². The fourth-order valence-corrected chi connectivity index (χ4v) is 8.57. The molecule has 4 nitrogen and oxygen atoms in total. The lowest BCUT2D eigenvalue weighted by atomic mass is 9.66. The molecule has 2 atom stereocenters. The second-order valence-corrected chi connectivity index (χ2v) is 14.0. The quantitative estimate of drug-likeness (QED) is 0.225. The Morgan fingerprint density at radius 2 is 1.21 bits per heavy atom. The minimum atomic E-state index is 0.126. The molecule has 0 saturated heterocycles. The average Bonchev–Trinajstić information content (AvgIpc) is 3.57. The number of phenolic OH excluding ortho intramolecular Hbond substituents is 1. The molecule has 1 N–H and O–H groups in total. The second kappa shape index (κ2) is 12.6. The molecule has 6 aromatic carbocycles. The molecule has 0 bridgehead atoms. The molecule has 1 aliphatic carbocycles. The largest absolute Gasteiger partial charge is 0.509 e. The summed E-state index contributed by atoms with van der Waals surface area (Å²) in [5.74, 6) is 1.43. The van der Waals surface area contributed by atoms with Crippen molar-refractivity contribution in [3.63, 3.8) is 0 Å². The van der Waals surface area contributed by atoms with Crippen molar-refractivity contribution in [2.24, 2.45) is 0 Å². The third-order valence-corrected chi connectivity index (χ3v) is 11.3. The Morgan fingerprint density at radius 3 is 1.92 bits per heavy atom. The van der Waals surface area contributed by atoms with E-state index in [0.717, 1.165) is 55.5 Å². The van der Waals surface area contributed by atoms with E-state index in [-0.39, 0.29) is 11.8 Å². The zero-order valence-electron chi connectivity index (χ0n) is 29.8. The number of fused-ring (bicyclic) bond motifs is 3. The van der Waals surface area contributed by atoms with Crippen LogP contribution in [0.4, 0.5) is 0 Å². The zero-order chi connectivity index (χ0) is 35.5. The number of allylic oxidation sites excluding steroid dienone is 4. The monoisotopic (exact) mass is 665 g/mol. The van der Waals surface area contributed by atoms with Gasteiger partial charge in [0, 0.05) is 35.4 Å². The SMILES string of the molecule is Bc1c(B)c(O)c(B)c(-c2nc3ccccc3n2-c2ccccc2-c2c3ccccc3c(C3C=CC=CC3c3cccnc3)c3ccccc23)c1B. The van der Waals surface area contributed by atoms with Crippen LogP contribution < -0.4 is 21.9 Å². The molecule has 8 aromatic rings. The number of aromatic nitrogens is 3. The van der Waals surface area contributed by atoms with Crippen LogP contribution in [0.1, 0.15) is 23.0 Å². The van der Waals surface area contributed by atoms with E-state index in [1.54, 1.807) is 0 Å². The first-order valence-electron chi connectivity index (χ1n) is 18.0. The van der Waals surface area contributed by atoms with Crippen molar-refractivity contribution in [1.82, 2.24) is 14.5 Å². The van der Waals surface area contributed by atoms with Crippen LogP contribution >= 0.6 is 0 Å². The summed E-state index contributed by atoms with van der Waals surface area (Å²) in [6.45, 7) is 0. The van der Waals surface area contributed by atoms with Crippen LogP contribution in [0, 0.1) is 0 Å². The summed E-state index contributed by atoms with van der Waals surface area (Å²) in [5.41, 5.74) is 12.7. The molecule has 8 heteroatoms. The van der Waals surface area contributed by atoms with Crippen molar-refractivity contribution < 1.29 is 5.11 Å². The Kier molecular flexibility index (Phi) is 7.77. The molecule has 0 spiro atoms. The predicted molar refractivity (Wildman–Crippen MR) is 229 cm³/mol. The van der Waals surface area contributed by atoms with Gasteiger partial charge in [-0.05, 0) is 68.0 Å². The van der Waals surface area contributed by atoms with Gasteiger partial charge < -0.3 is 5.11 Å². The Labute approximate surface area is 307 Å². The highest BCUT2D eigenvalue weighted by Crippen LogP contribution is 2.48. The van der Waals surface area contributed by atoms with Crippen LogP contribution in [0.15, 0.2) is 146 Å². The molecule has 0 fully saturated rings. The maximum atomic E-state index is 11.3. The van der Waals surface area contributed by atoms with Crippen molar-refractivity contribution >= 4 is 85.8 Å². The van der Waals surface area contributed by atoms with E-state index in [0.29, 0.717) is 5.75 Å². The number of hydrogen-bond acceptors (Lipinski definition) is 3. The van der Waals surface area contributed by atoms with E-state index in [1.807, 2.05) is 40.2 Å². The number of benzene rings is 6. The number of aromatic hydroxyl groups is 1. The lowest BCUT2D eigenvalue weighted by Gasteiger charge is -2.29. The number of para-hydroxylation sites is 3. The smallest absolute Gasteiger partial charge is 0.145 e. The fraction of sp³-hybridized carbons (Fsp3) is 0.0455. The highest BCUT2D eigenvalue weighted by Gasteiger charge is 2.29. The minimum absolute atomic E-state index is 0.126. The van der Waals surface area contributed by atoms with Gasteiger partial charge in [-0.15, -0.1) is 0 Å². The first kappa shape index (κ1) is 31.9. The Morgan fingerprint density at radius 1 is 0.577 bits per heavy atom. The summed E-state index contributed by atoms with van der Waals surface area (Å²) in [4.78, 5) is 9.79. The molecule has 0 saturated carbocycles. The first-order valence-corrected chi connectivity index (χ1v) is 18.0. The molecule has 2 unspecified atom stereocenters. The molecule has 2 aromatic heterocycles. The van der Waals surface area contributed by atoms with Crippen LogP contribution in [-0.2, 0) is 0 Å². The van der Waals surface area contributed by atoms with Gasteiger partial charge in [-0.2, -0.15) is 0 Å². The normalized spacial score (nSPS) is 15.5. The summed E-state index contributed by atoms with van der Waals surface area (Å²) in [6.07, 6.45) is 12.9. The molecule has 52 heavy (non-hydrogen) atoms. The summed E-state index contributed by atoms with van der Waals surface area (Å²) >= 11 is 0. The number of rotatable bonds is 5. The van der Waals surface area contributed by atoms with Gasteiger partial charge in [0.25, 0.3) is 0 Å². The van der Waals surface area contributed by atoms with Gasteiger partial charge in [-0.25, -0.2) is 4.98 Å². The Balaban J connectivity index is 1.36. The summed E-state index contributed by atoms with van der Waals surface area (Å²) in [7, 11) is 8.23. The van der Waals surface area contributed by atoms with E-state index in [2.05, 4.69) is 147 Å². The molecule has 0 radical (unpaired) electrons. The van der Waals surface area contributed by atoms with Gasteiger partial charge in [0.05, 0.1) is 16.7 Å². The summed E-state index contributed by atoms with van der Waals surface area (Å²) in [5, 5.41) is 16.2. The van der Waals surface area contributed by atoms with Crippen molar-refractivity contribution in [3.05, 3.63) is 157 Å². The van der Waals surface area contributed by atoms with E-state index in [1.165, 1.54) is 38.2 Å². The maximum absolute atomic E-state index is 11.3. The standard InChI is InChI=1S/C44H35B4N3O/c45-39-38(40(46)43(52)42(48)41(39)47)44-50-33-20-8-10-22-35(33)51(44)34-21-9-7-19-32(34)37-30-17-5-3-15-28(30)36(29-16-4-6-18-31(29)37)27-14-2-1-13-26(27)25-12-11-23-49-24-25/h1-24,26-27,52H,45-48H2. The second-order valence-electron chi connectivity index (χ2n) is 14.0. The van der Waals surface area contributed by atoms with Crippen LogP contribution in [0.5, 0.6) is 5.75 Å². The van der Waals surface area contributed by atoms with Gasteiger partial charge in [0.15, 0.2) is 0 Å². The van der Waals surface area contributed by atoms with Crippen LogP contribution in [0.25, 0.3) is 60.8 Å². The van der Waals surface area contributed by atoms with Gasteiger partial charge >= 0.3 is 0 Å². The third-order valence-electron chi connectivity index (χ3n) is 11.3. The lowest BCUT2D eigenvalue weighted by molar-refractivity contribution is 0.484. The lowest BCUT2D eigenvalue weighted by Crippen LogP contribution is -2.44. The Bertz CT molecular complexity index is 2690. The van der Waals surface area contributed by atoms with E-state index >= 15 is 0 Å². The highest BCUT2D eigenvalue weighted by molar-refractivity contribution is 6.62. The molecule has 0 amide bonds. The van der Waals surface area contributed by atoms with Crippen LogP contribution in [0.2, 0.25) is 0 Å². The number of hydrogen-bond donors (Lipinski definition) is 1. The predicted octanol–water partition coefficient (Wildman–Crippen LogP) is 3.79. The fourth-order valence-electron chi connectivity index (χ4n) is 8.57. The number of phenols is 1. The molecule has 0 aliphatic heterocycles. The van der Waals surface area contributed by atoms with Crippen molar-refractivity contribution in [2.75, 3.05) is 0 Å². The van der Waals surface area contributed by atoms with Crippen LogP contribution in [0.3, 0.4) is 0 Å². The zero-order valence-corrected chi connectivity index (χ0v) is 29.8. The molecule has 2 heterocycles. The number of nitrogens with zero attached hydrogens (tertiary/aromatic N) is 3. The first-order chi connectivity index (χ1) is 25.4. The van der Waals surface area contributed by atoms with E-state index in [4.69, 9.17) is 4.98 Å². The average molecular weight is 665 g/mol. The summed E-state index contributed by atoms with van der Waals surface area (Å²) in [6, 6.07) is 39.1. The van der Waals surface area contributed by atoms with E-state index in [9.17, 15) is 5.11 Å². The van der Waals surface area contributed by atoms with E-state index < -0.39 is 0 Å². The van der Waals surface area contributed by atoms with Gasteiger partial charge in [-0.3, -0.25) is 9.55 Å². The van der Waals surface area contributed by atoms with Crippen molar-refractivity contribution in [1.29, 1.82) is 0 Å². The molecular weight excluding hydrogens is 630 g/mol. The number of imidazole rings is 1. The van der Waals surface area contributed by atoms with Gasteiger partial charge in [0.1, 0.15) is 43.0 Å². The van der Waals surface area contributed by atoms with Crippen LogP contribution in [-0.4, -0.2) is 51.0 Å². The molecule has 1 aliphatic rings. The Hall–Kier alpha value is -6.00. The maximum Gasteiger partial charge on any atom is 0.145 e. The van der Waals surface area contributed by atoms with Gasteiger partial charge in [0.2, 0.25) is 0 Å². The highest BCUT2D eigenvalue weighted by atomic mass is 16.3.